The maximum atomic E-state index is 5.22. The van der Waals surface area contributed by atoms with Gasteiger partial charge in [-0.3, -0.25) is 0 Å². The Bertz CT molecular complexity index is 17.1. The first-order valence-electron chi connectivity index (χ1n) is 1.55. The molecule has 0 atom stereocenters. The lowest BCUT2D eigenvalue weighted by Crippen LogP contribution is -1.86. The first-order chi connectivity index (χ1) is 2.41. The Balaban J connectivity index is 2.19. The van der Waals surface area contributed by atoms with Crippen LogP contribution >= 0.6 is 11.1 Å². The smallest absolute Gasteiger partial charge is 0.258 e. The average Bonchev–Trinajstić information content (AvgIpc) is 1.41. The molecule has 32 valence electrons. The lowest BCUT2D eigenvalue weighted by atomic mass is 10.9. The van der Waals surface area contributed by atoms with Crippen molar-refractivity contribution >= 4 is 20.2 Å². The standard InChI is InChI=1S/C2H7ClOSi/c1-2-4-5-3/h2,5H2,1H3. The molecule has 0 heterocycles. The molecule has 0 aromatic rings. The third-order valence-electron chi connectivity index (χ3n) is 0.281. The number of hydrogen-bond acceptors (Lipinski definition) is 1. The van der Waals surface area contributed by atoms with Gasteiger partial charge in [0.25, 0.3) is 9.07 Å². The molecule has 0 aromatic heterocycles. The first-order valence-corrected chi connectivity index (χ1v) is 4.27. The van der Waals surface area contributed by atoms with Gasteiger partial charge in [0.05, 0.1) is 0 Å². The fraction of sp³-hybridized carbons (Fsp3) is 1.00. The molecule has 0 aliphatic heterocycles. The highest BCUT2D eigenvalue weighted by Crippen LogP contribution is 1.69. The molecule has 0 fully saturated rings. The highest BCUT2D eigenvalue weighted by molar-refractivity contribution is 6.89. The lowest BCUT2D eigenvalue weighted by molar-refractivity contribution is 0.371. The van der Waals surface area contributed by atoms with Crippen molar-refractivity contribution in [3.63, 3.8) is 0 Å². The van der Waals surface area contributed by atoms with E-state index in [0.29, 0.717) is 0 Å². The third kappa shape index (κ3) is 4.47. The highest BCUT2D eigenvalue weighted by Gasteiger charge is 1.68. The van der Waals surface area contributed by atoms with Gasteiger partial charge in [-0.15, -0.1) is 11.1 Å². The summed E-state index contributed by atoms with van der Waals surface area (Å²) in [6.07, 6.45) is 0. The largest absolute Gasteiger partial charge is 0.408 e. The Kier molecular flexibility index (Phi) is 4.88. The summed E-state index contributed by atoms with van der Waals surface area (Å²) in [6, 6.07) is 0. The van der Waals surface area contributed by atoms with Crippen LogP contribution in [0.2, 0.25) is 0 Å². The Morgan fingerprint density at radius 1 is 2.00 bits per heavy atom. The van der Waals surface area contributed by atoms with E-state index >= 15 is 0 Å². The second-order valence-electron chi connectivity index (χ2n) is 0.602. The summed E-state index contributed by atoms with van der Waals surface area (Å²) >= 11 is 5.22. The minimum absolute atomic E-state index is 0.614. The summed E-state index contributed by atoms with van der Waals surface area (Å²) in [5.41, 5.74) is 0. The summed E-state index contributed by atoms with van der Waals surface area (Å²) in [6.45, 7) is 2.71. The predicted octanol–water partition coefficient (Wildman–Crippen LogP) is 0.261. The molecule has 0 unspecified atom stereocenters. The quantitative estimate of drug-likeness (QED) is 0.366. The summed E-state index contributed by atoms with van der Waals surface area (Å²) in [4.78, 5) is 0. The molecular formula is C2H7ClOSi. The summed E-state index contributed by atoms with van der Waals surface area (Å²) in [5, 5.41) is 0. The van der Waals surface area contributed by atoms with Gasteiger partial charge in [-0.25, -0.2) is 0 Å². The van der Waals surface area contributed by atoms with Crippen LogP contribution in [0.3, 0.4) is 0 Å². The Morgan fingerprint density at radius 2 is 2.60 bits per heavy atom. The van der Waals surface area contributed by atoms with Crippen molar-refractivity contribution in [2.24, 2.45) is 0 Å². The van der Waals surface area contributed by atoms with Crippen LogP contribution in [0.15, 0.2) is 0 Å². The van der Waals surface area contributed by atoms with Crippen molar-refractivity contribution in [1.82, 2.24) is 0 Å². The molecule has 0 radical (unpaired) electrons. The van der Waals surface area contributed by atoms with Crippen molar-refractivity contribution in [3.05, 3.63) is 0 Å². The Morgan fingerprint density at radius 3 is 2.60 bits per heavy atom. The second-order valence-corrected chi connectivity index (χ2v) is 1.88. The summed E-state index contributed by atoms with van der Waals surface area (Å²) in [7, 11) is -0.614. The van der Waals surface area contributed by atoms with Gasteiger partial charge in [-0.1, -0.05) is 0 Å². The van der Waals surface area contributed by atoms with Gasteiger partial charge in [-0.2, -0.15) is 0 Å². The van der Waals surface area contributed by atoms with Crippen LogP contribution in [0, 0.1) is 0 Å². The van der Waals surface area contributed by atoms with Gasteiger partial charge in [0.2, 0.25) is 0 Å². The minimum Gasteiger partial charge on any atom is -0.408 e. The van der Waals surface area contributed by atoms with E-state index in [9.17, 15) is 0 Å². The Hall–Kier alpha value is 0.467. The molecule has 0 spiro atoms. The zero-order chi connectivity index (χ0) is 4.12. The maximum Gasteiger partial charge on any atom is 0.258 e. The molecular weight excluding hydrogens is 104 g/mol. The van der Waals surface area contributed by atoms with Crippen LogP contribution in [0.1, 0.15) is 6.92 Å². The molecule has 0 bridgehead atoms. The molecule has 0 aliphatic carbocycles. The van der Waals surface area contributed by atoms with E-state index in [-0.39, 0.29) is 0 Å². The average molecular weight is 111 g/mol. The molecule has 0 amide bonds. The van der Waals surface area contributed by atoms with Crippen molar-refractivity contribution < 1.29 is 4.43 Å². The van der Waals surface area contributed by atoms with Gasteiger partial charge in [-0.05, 0) is 6.92 Å². The van der Waals surface area contributed by atoms with Gasteiger partial charge in [0, 0.05) is 6.61 Å². The van der Waals surface area contributed by atoms with Gasteiger partial charge >= 0.3 is 0 Å². The molecule has 0 saturated heterocycles. The van der Waals surface area contributed by atoms with E-state index in [0.717, 1.165) is 6.61 Å². The van der Waals surface area contributed by atoms with E-state index in [1.165, 1.54) is 0 Å². The molecule has 3 heteroatoms. The highest BCUT2D eigenvalue weighted by atomic mass is 35.6. The van der Waals surface area contributed by atoms with Gasteiger partial charge in [0.1, 0.15) is 0 Å². The number of hydrogen-bond donors (Lipinski definition) is 0. The van der Waals surface area contributed by atoms with Crippen LogP contribution in [-0.4, -0.2) is 15.7 Å². The topological polar surface area (TPSA) is 9.23 Å². The van der Waals surface area contributed by atoms with E-state index in [1.807, 2.05) is 6.92 Å². The number of halogens is 1. The first kappa shape index (κ1) is 5.47. The molecule has 0 saturated carbocycles. The molecule has 0 N–H and O–H groups in total. The monoisotopic (exact) mass is 110 g/mol. The summed E-state index contributed by atoms with van der Waals surface area (Å²) in [5.74, 6) is 0. The summed E-state index contributed by atoms with van der Waals surface area (Å²) < 4.78 is 4.74. The van der Waals surface area contributed by atoms with Crippen molar-refractivity contribution in [2.45, 2.75) is 6.92 Å². The van der Waals surface area contributed by atoms with Crippen molar-refractivity contribution in [2.75, 3.05) is 6.61 Å². The SMILES string of the molecule is CCO[SiH2]Cl. The normalized spacial score (nSPS) is 10.8. The van der Waals surface area contributed by atoms with E-state index in [4.69, 9.17) is 15.5 Å². The molecule has 0 rings (SSSR count). The van der Waals surface area contributed by atoms with E-state index < -0.39 is 9.07 Å². The van der Waals surface area contributed by atoms with Gasteiger partial charge in [0.15, 0.2) is 0 Å². The zero-order valence-corrected chi connectivity index (χ0v) is 5.37. The van der Waals surface area contributed by atoms with Crippen molar-refractivity contribution in [3.8, 4) is 0 Å². The molecule has 5 heavy (non-hydrogen) atoms. The molecule has 0 aliphatic rings. The molecule has 1 nitrogen and oxygen atoms in total. The van der Waals surface area contributed by atoms with Crippen molar-refractivity contribution in [1.29, 1.82) is 0 Å². The zero-order valence-electron chi connectivity index (χ0n) is 3.20. The molecule has 0 aromatic carbocycles. The maximum absolute atomic E-state index is 5.22. The number of rotatable bonds is 2. The minimum atomic E-state index is -0.614. The predicted molar refractivity (Wildman–Crippen MR) is 26.0 cm³/mol. The fourth-order valence-electron chi connectivity index (χ4n) is 0.0772. The van der Waals surface area contributed by atoms with Gasteiger partial charge < -0.3 is 4.43 Å². The van der Waals surface area contributed by atoms with Crippen LogP contribution in [0.5, 0.6) is 0 Å². The third-order valence-corrected chi connectivity index (χ3v) is 1.31. The van der Waals surface area contributed by atoms with Crippen LogP contribution < -0.4 is 0 Å². The lowest BCUT2D eigenvalue weighted by Gasteiger charge is -1.84. The van der Waals surface area contributed by atoms with E-state index in [1.54, 1.807) is 0 Å². The van der Waals surface area contributed by atoms with Crippen LogP contribution in [0.25, 0.3) is 0 Å². The van der Waals surface area contributed by atoms with Crippen LogP contribution in [-0.2, 0) is 4.43 Å². The second kappa shape index (κ2) is 4.47. The Labute approximate surface area is 38.9 Å². The van der Waals surface area contributed by atoms with E-state index in [2.05, 4.69) is 0 Å². The van der Waals surface area contributed by atoms with Crippen LogP contribution in [0.4, 0.5) is 0 Å². The fourth-order valence-corrected chi connectivity index (χ4v) is 0.694.